The second kappa shape index (κ2) is 3.31. The van der Waals surface area contributed by atoms with Gasteiger partial charge in [-0.05, 0) is 12.3 Å². The van der Waals surface area contributed by atoms with E-state index in [4.69, 9.17) is 5.26 Å². The largest absolute Gasteiger partial charge is 0.464 e. The van der Waals surface area contributed by atoms with Crippen LogP contribution in [0, 0.1) is 17.2 Å². The van der Waals surface area contributed by atoms with Gasteiger partial charge in [0.25, 0.3) is 0 Å². The molecule has 1 aliphatic carbocycles. The fourth-order valence-corrected chi connectivity index (χ4v) is 2.67. The van der Waals surface area contributed by atoms with Crippen LogP contribution in [0.25, 0.3) is 0 Å². The Bertz CT molecular complexity index is 449. The summed E-state index contributed by atoms with van der Waals surface area (Å²) < 4.78 is 4.57. The minimum atomic E-state index is -0.447. The quantitative estimate of drug-likeness (QED) is 0.715. The number of rotatable bonds is 2. The van der Waals surface area contributed by atoms with E-state index in [1.807, 2.05) is 6.92 Å². The molecule has 1 saturated carbocycles. The molecule has 2 unspecified atom stereocenters. The third kappa shape index (κ3) is 1.41. The monoisotopic (exact) mass is 222 g/mol. The lowest BCUT2D eigenvalue weighted by atomic mass is 10.1. The minimum absolute atomic E-state index is 0.297. The van der Waals surface area contributed by atoms with Crippen LogP contribution in [0.5, 0.6) is 0 Å². The van der Waals surface area contributed by atoms with Crippen molar-refractivity contribution in [3.8, 4) is 6.07 Å². The van der Waals surface area contributed by atoms with Crippen LogP contribution in [0.3, 0.4) is 0 Å². The lowest BCUT2D eigenvalue weighted by Gasteiger charge is -2.00. The zero-order valence-corrected chi connectivity index (χ0v) is 9.30. The molecular formula is C10H10N2O2S. The van der Waals surface area contributed by atoms with Crippen molar-refractivity contribution >= 4 is 17.3 Å². The lowest BCUT2D eigenvalue weighted by Crippen LogP contribution is -2.07. The van der Waals surface area contributed by atoms with Crippen LogP contribution >= 0.6 is 11.3 Å². The molecule has 1 aliphatic rings. The Morgan fingerprint density at radius 2 is 2.53 bits per heavy atom. The summed E-state index contributed by atoms with van der Waals surface area (Å²) in [6.07, 6.45) is 0.831. The molecule has 0 saturated heterocycles. The number of nitrogens with zero attached hydrogens (tertiary/aromatic N) is 2. The van der Waals surface area contributed by atoms with Crippen molar-refractivity contribution in [1.29, 1.82) is 5.26 Å². The van der Waals surface area contributed by atoms with E-state index in [-0.39, 0.29) is 0 Å². The topological polar surface area (TPSA) is 63.0 Å². The maximum absolute atomic E-state index is 11.2. The molecule has 0 aromatic carbocycles. The average Bonchev–Trinajstić information content (AvgIpc) is 2.71. The molecular weight excluding hydrogens is 212 g/mol. The van der Waals surface area contributed by atoms with E-state index < -0.39 is 11.4 Å². The van der Waals surface area contributed by atoms with Gasteiger partial charge in [0.05, 0.1) is 13.2 Å². The summed E-state index contributed by atoms with van der Waals surface area (Å²) in [5.74, 6) is -0.113. The van der Waals surface area contributed by atoms with Crippen LogP contribution in [-0.2, 0) is 10.2 Å². The predicted molar refractivity (Wildman–Crippen MR) is 54.5 cm³/mol. The van der Waals surface area contributed by atoms with E-state index in [9.17, 15) is 4.79 Å². The van der Waals surface area contributed by atoms with Crippen molar-refractivity contribution in [2.75, 3.05) is 7.11 Å². The first-order valence-electron chi connectivity index (χ1n) is 4.59. The highest BCUT2D eigenvalue weighted by Crippen LogP contribution is 2.54. The van der Waals surface area contributed by atoms with Crippen LogP contribution in [0.1, 0.15) is 28.8 Å². The molecule has 0 aliphatic heterocycles. The zero-order valence-electron chi connectivity index (χ0n) is 8.48. The molecule has 2 rings (SSSR count). The number of aromatic nitrogens is 1. The van der Waals surface area contributed by atoms with Crippen LogP contribution < -0.4 is 0 Å². The summed E-state index contributed by atoms with van der Waals surface area (Å²) >= 11 is 1.36. The fraction of sp³-hybridized carbons (Fsp3) is 0.500. The summed E-state index contributed by atoms with van der Waals surface area (Å²) in [6.45, 7) is 2.02. The molecule has 4 nitrogen and oxygen atoms in total. The fourth-order valence-electron chi connectivity index (χ4n) is 1.60. The Hall–Kier alpha value is -1.41. The Labute approximate surface area is 91.5 Å². The Balaban J connectivity index is 2.29. The lowest BCUT2D eigenvalue weighted by molar-refractivity contribution is 0.0594. The Morgan fingerprint density at radius 3 is 3.00 bits per heavy atom. The van der Waals surface area contributed by atoms with Gasteiger partial charge in [-0.25, -0.2) is 9.78 Å². The molecule has 0 N–H and O–H groups in total. The maximum atomic E-state index is 11.2. The molecule has 2 atom stereocenters. The molecule has 0 amide bonds. The summed E-state index contributed by atoms with van der Waals surface area (Å²) in [5.41, 5.74) is -0.150. The molecule has 5 heteroatoms. The van der Waals surface area contributed by atoms with E-state index >= 15 is 0 Å². The van der Waals surface area contributed by atoms with Gasteiger partial charge in [-0.3, -0.25) is 0 Å². The molecule has 1 aromatic heterocycles. The molecule has 1 aromatic rings. The van der Waals surface area contributed by atoms with E-state index in [1.165, 1.54) is 18.4 Å². The second-order valence-electron chi connectivity index (χ2n) is 3.72. The van der Waals surface area contributed by atoms with Crippen molar-refractivity contribution < 1.29 is 9.53 Å². The van der Waals surface area contributed by atoms with E-state index in [1.54, 1.807) is 5.38 Å². The summed E-state index contributed by atoms with van der Waals surface area (Å²) in [7, 11) is 1.32. The highest BCUT2D eigenvalue weighted by molar-refractivity contribution is 7.10. The number of ether oxygens (including phenoxy) is 1. The normalized spacial score (nSPS) is 28.2. The zero-order chi connectivity index (χ0) is 11.1. The number of esters is 1. The predicted octanol–water partition coefficient (Wildman–Crippen LogP) is 1.73. The third-order valence-electron chi connectivity index (χ3n) is 2.79. The van der Waals surface area contributed by atoms with Crippen LogP contribution in [0.2, 0.25) is 0 Å². The van der Waals surface area contributed by atoms with Gasteiger partial charge < -0.3 is 4.74 Å². The van der Waals surface area contributed by atoms with E-state index in [2.05, 4.69) is 15.8 Å². The van der Waals surface area contributed by atoms with Crippen LogP contribution in [-0.4, -0.2) is 18.1 Å². The number of hydrogen-bond acceptors (Lipinski definition) is 5. The average molecular weight is 222 g/mol. The SMILES string of the molecule is COC(=O)c1csc(C2(C#N)CC2C)n1. The Kier molecular flexibility index (Phi) is 2.24. The van der Waals surface area contributed by atoms with Gasteiger partial charge in [0.1, 0.15) is 10.4 Å². The first-order valence-corrected chi connectivity index (χ1v) is 5.47. The third-order valence-corrected chi connectivity index (χ3v) is 3.81. The Morgan fingerprint density at radius 1 is 1.87 bits per heavy atom. The molecule has 0 radical (unpaired) electrons. The first kappa shape index (κ1) is 10.1. The summed E-state index contributed by atoms with van der Waals surface area (Å²) in [4.78, 5) is 15.3. The maximum Gasteiger partial charge on any atom is 0.357 e. The number of methoxy groups -OCH3 is 1. The van der Waals surface area contributed by atoms with E-state index in [0.29, 0.717) is 11.6 Å². The number of carbonyl (C=O) groups is 1. The van der Waals surface area contributed by atoms with Gasteiger partial charge in [-0.1, -0.05) is 6.92 Å². The van der Waals surface area contributed by atoms with Crippen molar-refractivity contribution in [1.82, 2.24) is 4.98 Å². The van der Waals surface area contributed by atoms with Crippen molar-refractivity contribution in [3.63, 3.8) is 0 Å². The molecule has 15 heavy (non-hydrogen) atoms. The van der Waals surface area contributed by atoms with Gasteiger partial charge >= 0.3 is 5.97 Å². The molecule has 78 valence electrons. The van der Waals surface area contributed by atoms with Crippen molar-refractivity contribution in [3.05, 3.63) is 16.1 Å². The number of hydrogen-bond donors (Lipinski definition) is 0. The summed E-state index contributed by atoms with van der Waals surface area (Å²) in [6, 6.07) is 2.28. The van der Waals surface area contributed by atoms with Gasteiger partial charge in [-0.2, -0.15) is 5.26 Å². The van der Waals surface area contributed by atoms with Gasteiger partial charge in [0, 0.05) is 5.38 Å². The van der Waals surface area contributed by atoms with Crippen LogP contribution in [0.15, 0.2) is 5.38 Å². The second-order valence-corrected chi connectivity index (χ2v) is 4.58. The highest BCUT2D eigenvalue weighted by Gasteiger charge is 2.55. The number of carbonyl (C=O) groups excluding carboxylic acids is 1. The number of thiazole rings is 1. The first-order chi connectivity index (χ1) is 7.14. The molecule has 1 fully saturated rings. The minimum Gasteiger partial charge on any atom is -0.464 e. The summed E-state index contributed by atoms with van der Waals surface area (Å²) in [5, 5.41) is 11.5. The molecule has 1 heterocycles. The molecule has 0 bridgehead atoms. The van der Waals surface area contributed by atoms with Gasteiger partial charge in [-0.15, -0.1) is 11.3 Å². The van der Waals surface area contributed by atoms with Crippen LogP contribution in [0.4, 0.5) is 0 Å². The van der Waals surface area contributed by atoms with E-state index in [0.717, 1.165) is 11.4 Å². The highest BCUT2D eigenvalue weighted by atomic mass is 32.1. The van der Waals surface area contributed by atoms with Crippen molar-refractivity contribution in [2.24, 2.45) is 5.92 Å². The van der Waals surface area contributed by atoms with Crippen molar-refractivity contribution in [2.45, 2.75) is 18.8 Å². The number of nitriles is 1. The smallest absolute Gasteiger partial charge is 0.357 e. The molecule has 0 spiro atoms. The van der Waals surface area contributed by atoms with Gasteiger partial charge in [0.2, 0.25) is 0 Å². The van der Waals surface area contributed by atoms with Gasteiger partial charge in [0.15, 0.2) is 5.69 Å². The standard InChI is InChI=1S/C10H10N2O2S/c1-6-3-10(6,5-11)9-12-7(4-15-9)8(13)14-2/h4,6H,3H2,1-2H3.